The maximum absolute atomic E-state index is 12.2. The van der Waals surface area contributed by atoms with Gasteiger partial charge in [0.1, 0.15) is 30.1 Å². The number of aryl methyl sites for hydroxylation is 1. The van der Waals surface area contributed by atoms with E-state index in [4.69, 9.17) is 15.0 Å². The summed E-state index contributed by atoms with van der Waals surface area (Å²) < 4.78 is 51.7. The summed E-state index contributed by atoms with van der Waals surface area (Å²) in [7, 11) is 0. The fraction of sp³-hybridized carbons (Fsp3) is 0.240. The van der Waals surface area contributed by atoms with Crippen LogP contribution in [0.5, 0.6) is 11.5 Å². The molecule has 3 rings (SSSR count). The third-order valence-electron chi connectivity index (χ3n) is 4.67. The first-order valence-electron chi connectivity index (χ1n) is 10.8. The van der Waals surface area contributed by atoms with Crippen LogP contribution in [0.1, 0.15) is 35.6 Å². The van der Waals surface area contributed by atoms with Crippen molar-refractivity contribution in [1.29, 1.82) is 0 Å². The monoisotopic (exact) mass is 486 g/mol. The molecule has 0 aliphatic carbocycles. The molecule has 2 aromatic carbocycles. The minimum absolute atomic E-state index is 0.240. The molecule has 0 saturated carbocycles. The Morgan fingerprint density at radius 2 is 1.69 bits per heavy atom. The molecule has 0 spiro atoms. The van der Waals surface area contributed by atoms with Gasteiger partial charge in [0.05, 0.1) is 6.21 Å². The number of benzene rings is 2. The topological polar surface area (TPSA) is 95.2 Å². The van der Waals surface area contributed by atoms with E-state index in [2.05, 4.69) is 19.8 Å². The van der Waals surface area contributed by atoms with Crippen molar-refractivity contribution in [2.24, 2.45) is 15.9 Å². The number of unbranched alkanes of at least 4 members (excludes halogenated alkanes) is 1. The van der Waals surface area contributed by atoms with Gasteiger partial charge in [-0.15, -0.1) is 13.2 Å². The zero-order valence-electron chi connectivity index (χ0n) is 18.8. The van der Waals surface area contributed by atoms with Crippen LogP contribution in [0.15, 0.2) is 69.3 Å². The lowest BCUT2D eigenvalue weighted by molar-refractivity contribution is -0.274. The lowest BCUT2D eigenvalue weighted by Crippen LogP contribution is -2.16. The standard InChI is InChI=1S/C25H25F3N4O3/c26-25(27,28)35-23-11-6-20(7-12-23)8-13-24-32-21(18-34-24)17-33-22-9-4-19(5-10-22)3-1-2-14-30-15-16-31-29/h4-13,15-16,18H,1-3,14,17,29H2/b13-8+,30-15?,31-16?. The van der Waals surface area contributed by atoms with Crippen molar-refractivity contribution in [3.63, 3.8) is 0 Å². The third-order valence-corrected chi connectivity index (χ3v) is 4.67. The number of hydrogen-bond acceptors (Lipinski definition) is 7. The zero-order valence-corrected chi connectivity index (χ0v) is 18.8. The lowest BCUT2D eigenvalue weighted by Gasteiger charge is -2.08. The van der Waals surface area contributed by atoms with E-state index in [1.165, 1.54) is 42.3 Å². The average Bonchev–Trinajstić information content (AvgIpc) is 3.29. The summed E-state index contributed by atoms with van der Waals surface area (Å²) in [6.07, 6.45) is 6.09. The van der Waals surface area contributed by atoms with E-state index >= 15 is 0 Å². The number of nitrogens with two attached hydrogens (primary N) is 1. The molecule has 35 heavy (non-hydrogen) atoms. The molecule has 0 atom stereocenters. The molecule has 2 N–H and O–H groups in total. The normalized spacial score (nSPS) is 12.2. The van der Waals surface area contributed by atoms with E-state index in [-0.39, 0.29) is 12.4 Å². The number of aliphatic imine (C=N–C) groups is 1. The highest BCUT2D eigenvalue weighted by molar-refractivity contribution is 6.15. The van der Waals surface area contributed by atoms with Crippen molar-refractivity contribution in [3.05, 3.63) is 77.5 Å². The molecule has 0 radical (unpaired) electrons. The number of rotatable bonds is 12. The van der Waals surface area contributed by atoms with Gasteiger partial charge >= 0.3 is 6.36 Å². The minimum atomic E-state index is -4.72. The number of ether oxygens (including phenoxy) is 2. The number of nitrogens with zero attached hydrogens (tertiary/aromatic N) is 3. The Morgan fingerprint density at radius 3 is 2.40 bits per heavy atom. The second-order valence-electron chi connectivity index (χ2n) is 7.37. The van der Waals surface area contributed by atoms with Crippen LogP contribution in [0.2, 0.25) is 0 Å². The Hall–Kier alpha value is -4.08. The van der Waals surface area contributed by atoms with E-state index in [0.717, 1.165) is 31.6 Å². The van der Waals surface area contributed by atoms with E-state index in [1.54, 1.807) is 18.4 Å². The number of hydrogen-bond donors (Lipinski definition) is 1. The van der Waals surface area contributed by atoms with Crippen LogP contribution in [-0.4, -0.2) is 30.3 Å². The largest absolute Gasteiger partial charge is 0.573 e. The van der Waals surface area contributed by atoms with Crippen molar-refractivity contribution >= 4 is 24.6 Å². The van der Waals surface area contributed by atoms with Gasteiger partial charge in [0, 0.05) is 18.8 Å². The zero-order chi connectivity index (χ0) is 24.9. The van der Waals surface area contributed by atoms with Gasteiger partial charge in [-0.2, -0.15) is 5.10 Å². The van der Waals surface area contributed by atoms with Crippen LogP contribution in [0.4, 0.5) is 13.2 Å². The second-order valence-corrected chi connectivity index (χ2v) is 7.37. The van der Waals surface area contributed by atoms with Gasteiger partial charge in [0.2, 0.25) is 5.89 Å². The van der Waals surface area contributed by atoms with Crippen molar-refractivity contribution in [1.82, 2.24) is 4.98 Å². The number of alkyl halides is 3. The molecular weight excluding hydrogens is 461 g/mol. The molecule has 0 fully saturated rings. The van der Waals surface area contributed by atoms with Crippen LogP contribution < -0.4 is 15.3 Å². The third kappa shape index (κ3) is 9.75. The van der Waals surface area contributed by atoms with Crippen molar-refractivity contribution < 1.29 is 27.1 Å². The smallest absolute Gasteiger partial charge is 0.487 e. The van der Waals surface area contributed by atoms with Crippen LogP contribution in [-0.2, 0) is 13.0 Å². The molecule has 7 nitrogen and oxygen atoms in total. The van der Waals surface area contributed by atoms with Crippen molar-refractivity contribution in [2.45, 2.75) is 32.2 Å². The van der Waals surface area contributed by atoms with Crippen molar-refractivity contribution in [3.8, 4) is 11.5 Å². The molecule has 0 amide bonds. The van der Waals surface area contributed by atoms with Crippen LogP contribution >= 0.6 is 0 Å². The molecule has 184 valence electrons. The average molecular weight is 486 g/mol. The maximum atomic E-state index is 12.2. The van der Waals surface area contributed by atoms with E-state index in [1.807, 2.05) is 24.3 Å². The molecule has 10 heteroatoms. The molecule has 0 aliphatic rings. The van der Waals surface area contributed by atoms with Gasteiger partial charge in [0.15, 0.2) is 0 Å². The Morgan fingerprint density at radius 1 is 0.943 bits per heavy atom. The van der Waals surface area contributed by atoms with Crippen LogP contribution in [0.25, 0.3) is 12.2 Å². The number of hydrazone groups is 1. The summed E-state index contributed by atoms with van der Waals surface area (Å²) in [6.45, 7) is 0.982. The highest BCUT2D eigenvalue weighted by atomic mass is 19.4. The van der Waals surface area contributed by atoms with E-state index < -0.39 is 6.36 Å². The SMILES string of the molecule is NN=CC=NCCCCc1ccc(OCc2coc(/C=C/c3ccc(OC(F)(F)F)cc3)n2)cc1. The summed E-state index contributed by atoms with van der Waals surface area (Å²) >= 11 is 0. The molecule has 0 unspecified atom stereocenters. The quantitative estimate of drug-likeness (QED) is 0.154. The fourth-order valence-electron chi connectivity index (χ4n) is 3.02. The predicted molar refractivity (Wildman–Crippen MR) is 128 cm³/mol. The highest BCUT2D eigenvalue weighted by Crippen LogP contribution is 2.23. The van der Waals surface area contributed by atoms with Gasteiger partial charge < -0.3 is 19.7 Å². The van der Waals surface area contributed by atoms with Crippen LogP contribution in [0, 0.1) is 0 Å². The van der Waals surface area contributed by atoms with E-state index in [9.17, 15) is 13.2 Å². The molecule has 1 heterocycles. The Balaban J connectivity index is 1.41. The summed E-state index contributed by atoms with van der Waals surface area (Å²) in [5, 5.41) is 3.35. The van der Waals surface area contributed by atoms with Crippen molar-refractivity contribution in [2.75, 3.05) is 6.54 Å². The Labute approximate surface area is 200 Å². The highest BCUT2D eigenvalue weighted by Gasteiger charge is 2.30. The molecule has 0 bridgehead atoms. The van der Waals surface area contributed by atoms with Gasteiger partial charge in [-0.25, -0.2) is 4.98 Å². The molecule has 0 aliphatic heterocycles. The Bertz CT molecular complexity index is 1120. The molecule has 3 aromatic rings. The number of oxazole rings is 1. The summed E-state index contributed by atoms with van der Waals surface area (Å²) in [6, 6.07) is 13.4. The van der Waals surface area contributed by atoms with Gasteiger partial charge in [-0.1, -0.05) is 24.3 Å². The number of aromatic nitrogens is 1. The first kappa shape index (κ1) is 25.5. The fourth-order valence-corrected chi connectivity index (χ4v) is 3.02. The first-order valence-corrected chi connectivity index (χ1v) is 10.8. The summed E-state index contributed by atoms with van der Waals surface area (Å²) in [5.41, 5.74) is 2.50. The van der Waals surface area contributed by atoms with Gasteiger partial charge in [0.25, 0.3) is 0 Å². The molecule has 1 aromatic heterocycles. The molecule has 0 saturated heterocycles. The van der Waals surface area contributed by atoms with Gasteiger partial charge in [-0.3, -0.25) is 4.99 Å². The first-order chi connectivity index (χ1) is 16.9. The predicted octanol–water partition coefficient (Wildman–Crippen LogP) is 5.66. The van der Waals surface area contributed by atoms with E-state index in [0.29, 0.717) is 17.1 Å². The van der Waals surface area contributed by atoms with Crippen LogP contribution in [0.3, 0.4) is 0 Å². The summed E-state index contributed by atoms with van der Waals surface area (Å²) in [4.78, 5) is 8.49. The molecular formula is C25H25F3N4O3. The minimum Gasteiger partial charge on any atom is -0.487 e. The lowest BCUT2D eigenvalue weighted by atomic mass is 10.1. The summed E-state index contributed by atoms with van der Waals surface area (Å²) in [5.74, 6) is 5.79. The maximum Gasteiger partial charge on any atom is 0.573 e. The van der Waals surface area contributed by atoms with Gasteiger partial charge in [-0.05, 0) is 60.7 Å². The Kier molecular flexibility index (Phi) is 9.47. The number of halogens is 3. The second kappa shape index (κ2) is 13.0.